The molecule has 0 bridgehead atoms. The molecular formula is C28H25N7O6S. The van der Waals surface area contributed by atoms with Crippen LogP contribution in [-0.2, 0) is 26.8 Å². The van der Waals surface area contributed by atoms with Gasteiger partial charge in [0.25, 0.3) is 10.0 Å². The van der Waals surface area contributed by atoms with Crippen molar-refractivity contribution in [2.75, 3.05) is 0 Å². The van der Waals surface area contributed by atoms with Gasteiger partial charge in [-0.15, -0.1) is 0 Å². The average molecular weight is 588 g/mol. The Labute approximate surface area is 239 Å². The Morgan fingerprint density at radius 1 is 1.19 bits per heavy atom. The summed E-state index contributed by atoms with van der Waals surface area (Å²) in [6, 6.07) is 16.0. The summed E-state index contributed by atoms with van der Waals surface area (Å²) in [4.78, 5) is 35.2. The first-order valence-electron chi connectivity index (χ1n) is 12.6. The first-order valence-corrected chi connectivity index (χ1v) is 14.1. The Hall–Kier alpha value is -5.21. The number of amides is 1. The third kappa shape index (κ3) is 5.27. The fraction of sp³-hybridized carbons (Fsp3) is 0.143. The number of nitrogen functional groups attached to an aromatic ring is 1. The van der Waals surface area contributed by atoms with Crippen molar-refractivity contribution in [1.82, 2.24) is 19.7 Å². The molecule has 2 atom stereocenters. The van der Waals surface area contributed by atoms with E-state index in [1.807, 2.05) is 4.72 Å². The first-order chi connectivity index (χ1) is 20.0. The van der Waals surface area contributed by atoms with Crippen LogP contribution in [0.4, 0.5) is 0 Å². The molecule has 1 aliphatic carbocycles. The van der Waals surface area contributed by atoms with E-state index in [0.717, 1.165) is 17.7 Å². The summed E-state index contributed by atoms with van der Waals surface area (Å²) in [5.74, 6) is -1.43. The summed E-state index contributed by atoms with van der Waals surface area (Å²) in [7, 11) is -4.64. The lowest BCUT2D eigenvalue weighted by atomic mass is 9.80. The number of benzene rings is 2. The monoisotopic (exact) mass is 587 g/mol. The van der Waals surface area contributed by atoms with E-state index in [-0.39, 0.29) is 35.6 Å². The van der Waals surface area contributed by atoms with Gasteiger partial charge in [0.05, 0.1) is 15.9 Å². The minimum absolute atomic E-state index is 0.0668. The maximum Gasteiger partial charge on any atom is 0.327 e. The van der Waals surface area contributed by atoms with Gasteiger partial charge < -0.3 is 15.8 Å². The number of hydrogen-bond donors (Lipinski definition) is 5. The third-order valence-corrected chi connectivity index (χ3v) is 8.23. The van der Waals surface area contributed by atoms with Gasteiger partial charge in [0, 0.05) is 35.4 Å². The quantitative estimate of drug-likeness (QED) is 0.0837. The second kappa shape index (κ2) is 11.0. The number of nitrogens with two attached hydrogens (primary N) is 1. The van der Waals surface area contributed by atoms with Crippen molar-refractivity contribution in [3.05, 3.63) is 123 Å². The molecule has 0 aliphatic heterocycles. The summed E-state index contributed by atoms with van der Waals surface area (Å²) >= 11 is 0. The lowest BCUT2D eigenvalue weighted by Gasteiger charge is -2.31. The van der Waals surface area contributed by atoms with Crippen molar-refractivity contribution in [2.24, 2.45) is 5.73 Å². The predicted molar refractivity (Wildman–Crippen MR) is 154 cm³/mol. The number of pyridine rings is 1. The van der Waals surface area contributed by atoms with Crippen LogP contribution in [0, 0.1) is 15.5 Å². The summed E-state index contributed by atoms with van der Waals surface area (Å²) in [5, 5.41) is 32.1. The normalized spacial score (nSPS) is 18.6. The molecule has 0 fully saturated rings. The molecule has 0 saturated carbocycles. The Kier molecular flexibility index (Phi) is 7.41. The number of fused-ring (bicyclic) bond motifs is 1. The maximum absolute atomic E-state index is 13.5. The van der Waals surface area contributed by atoms with E-state index < -0.39 is 37.4 Å². The smallest absolute Gasteiger partial charge is 0.327 e. The average Bonchev–Trinajstić information content (AvgIpc) is 3.40. The number of nitrogens with one attached hydrogen (secondary N) is 3. The molecule has 1 aliphatic rings. The van der Waals surface area contributed by atoms with Gasteiger partial charge in [-0.2, -0.15) is 0 Å². The molecule has 2 heterocycles. The molecule has 0 saturated heterocycles. The van der Waals surface area contributed by atoms with Gasteiger partial charge in [-0.3, -0.25) is 25.3 Å². The molecule has 14 heteroatoms. The van der Waals surface area contributed by atoms with Crippen molar-refractivity contribution >= 4 is 38.4 Å². The van der Waals surface area contributed by atoms with Crippen LogP contribution in [0.15, 0.2) is 90.1 Å². The standard InChI is InChI=1S/C28H25N7O6S/c29-26(30)19-9-10-22-23(13-19)33-27(32-22)28(35(38)39)15-20(14-21(25(28)37)18-6-2-1-3-7-18)42(40,41)34-24(36)11-8-17-5-4-12-31-16-17/h1-7,9-10,12-16,25,37H,8,11H2,(H3,29,30)(H,32,33)(H,34,36). The molecule has 4 aromatic rings. The second-order valence-electron chi connectivity index (χ2n) is 9.62. The zero-order chi connectivity index (χ0) is 30.1. The number of aromatic nitrogens is 3. The SMILES string of the molecule is N=C(N)c1ccc2[nH]c(C3([N+](=O)[O-])C=C(S(=O)(=O)NC(=O)CCc4cccnc4)C=C(c4ccccc4)C3O)nc2c1. The lowest BCUT2D eigenvalue weighted by Crippen LogP contribution is -2.49. The molecular weight excluding hydrogens is 562 g/mol. The summed E-state index contributed by atoms with van der Waals surface area (Å²) < 4.78 is 29.0. The van der Waals surface area contributed by atoms with E-state index in [2.05, 4.69) is 15.0 Å². The predicted octanol–water partition coefficient (Wildman–Crippen LogP) is 2.13. The molecule has 5 rings (SSSR count). The zero-order valence-electron chi connectivity index (χ0n) is 21.9. The van der Waals surface area contributed by atoms with Gasteiger partial charge >= 0.3 is 5.54 Å². The molecule has 214 valence electrons. The van der Waals surface area contributed by atoms with Crippen molar-refractivity contribution < 1.29 is 23.2 Å². The number of aliphatic hydroxyl groups is 1. The molecule has 42 heavy (non-hydrogen) atoms. The van der Waals surface area contributed by atoms with Crippen LogP contribution < -0.4 is 10.5 Å². The highest BCUT2D eigenvalue weighted by molar-refractivity contribution is 7.94. The molecule has 2 unspecified atom stereocenters. The molecule has 6 N–H and O–H groups in total. The third-order valence-electron chi connectivity index (χ3n) is 6.88. The highest BCUT2D eigenvalue weighted by Crippen LogP contribution is 2.42. The minimum atomic E-state index is -4.64. The zero-order valence-corrected chi connectivity index (χ0v) is 22.7. The van der Waals surface area contributed by atoms with Gasteiger partial charge in [-0.1, -0.05) is 36.4 Å². The lowest BCUT2D eigenvalue weighted by molar-refractivity contribution is -0.575. The number of aliphatic hydroxyl groups excluding tert-OH is 1. The second-order valence-corrected chi connectivity index (χ2v) is 11.3. The summed E-state index contributed by atoms with van der Waals surface area (Å²) in [6.45, 7) is 0. The Balaban J connectivity index is 1.61. The van der Waals surface area contributed by atoms with Gasteiger partial charge in [-0.05, 0) is 53.5 Å². The number of carbonyl (C=O) groups is 1. The van der Waals surface area contributed by atoms with E-state index in [0.29, 0.717) is 16.6 Å². The number of rotatable bonds is 9. The maximum atomic E-state index is 13.5. The summed E-state index contributed by atoms with van der Waals surface area (Å²) in [5.41, 5.74) is 4.82. The number of aromatic amines is 1. The highest BCUT2D eigenvalue weighted by Gasteiger charge is 2.57. The van der Waals surface area contributed by atoms with Crippen molar-refractivity contribution in [3.8, 4) is 0 Å². The van der Waals surface area contributed by atoms with E-state index in [1.54, 1.807) is 54.9 Å². The number of hydrogen-bond acceptors (Lipinski definition) is 9. The molecule has 2 aromatic carbocycles. The van der Waals surface area contributed by atoms with Crippen LogP contribution >= 0.6 is 0 Å². The number of nitrogens with zero attached hydrogens (tertiary/aromatic N) is 3. The van der Waals surface area contributed by atoms with Crippen LogP contribution in [0.1, 0.15) is 28.9 Å². The molecule has 0 spiro atoms. The van der Waals surface area contributed by atoms with Crippen molar-refractivity contribution in [1.29, 1.82) is 5.41 Å². The minimum Gasteiger partial charge on any atom is -0.384 e. The Morgan fingerprint density at radius 3 is 2.62 bits per heavy atom. The number of aryl methyl sites for hydroxylation is 1. The van der Waals surface area contributed by atoms with Gasteiger partial charge in [0.15, 0.2) is 11.9 Å². The number of imidazole rings is 1. The molecule has 2 aromatic heterocycles. The number of amidine groups is 1. The van der Waals surface area contributed by atoms with Crippen LogP contribution in [0.5, 0.6) is 0 Å². The van der Waals surface area contributed by atoms with Crippen molar-refractivity contribution in [3.63, 3.8) is 0 Å². The number of allylic oxidation sites excluding steroid dienone is 1. The number of nitro groups is 1. The fourth-order valence-electron chi connectivity index (χ4n) is 4.70. The van der Waals surface area contributed by atoms with Crippen molar-refractivity contribution in [2.45, 2.75) is 24.5 Å². The fourth-order valence-corrected chi connectivity index (χ4v) is 5.83. The number of sulfonamides is 1. The van der Waals surface area contributed by atoms with E-state index >= 15 is 0 Å². The molecule has 13 nitrogen and oxygen atoms in total. The first kappa shape index (κ1) is 28.3. The van der Waals surface area contributed by atoms with Gasteiger partial charge in [0.1, 0.15) is 5.84 Å². The Bertz CT molecular complexity index is 1870. The topological polar surface area (TPSA) is 218 Å². The van der Waals surface area contributed by atoms with Gasteiger partial charge in [0.2, 0.25) is 5.91 Å². The summed E-state index contributed by atoms with van der Waals surface area (Å²) in [6.07, 6.45) is 3.17. The number of H-pyrrole nitrogens is 1. The number of carbonyl (C=O) groups excluding carboxylic acids is 1. The van der Waals surface area contributed by atoms with Crippen LogP contribution in [0.2, 0.25) is 0 Å². The van der Waals surface area contributed by atoms with Crippen LogP contribution in [0.3, 0.4) is 0 Å². The molecule has 1 amide bonds. The van der Waals surface area contributed by atoms with Crippen LogP contribution in [-0.4, -0.2) is 51.2 Å². The molecule has 0 radical (unpaired) electrons. The highest BCUT2D eigenvalue weighted by atomic mass is 32.2. The Morgan fingerprint density at radius 2 is 1.95 bits per heavy atom. The van der Waals surface area contributed by atoms with Crippen LogP contribution in [0.25, 0.3) is 16.6 Å². The van der Waals surface area contributed by atoms with E-state index in [1.165, 1.54) is 18.2 Å². The van der Waals surface area contributed by atoms with E-state index in [9.17, 15) is 28.4 Å². The van der Waals surface area contributed by atoms with E-state index in [4.69, 9.17) is 11.1 Å². The largest absolute Gasteiger partial charge is 0.384 e. The van der Waals surface area contributed by atoms with Gasteiger partial charge in [-0.25, -0.2) is 18.1 Å².